The van der Waals surface area contributed by atoms with Crippen molar-refractivity contribution in [3.8, 4) is 16.1 Å². The fourth-order valence-corrected chi connectivity index (χ4v) is 8.35. The lowest BCUT2D eigenvalue weighted by atomic mass is 9.96. The van der Waals surface area contributed by atoms with Crippen LogP contribution in [0.25, 0.3) is 16.1 Å². The Balaban J connectivity index is 1.05. The Kier molecular flexibility index (Phi) is 9.71. The molecule has 0 saturated heterocycles. The maximum atomic E-state index is 13.2. The van der Waals surface area contributed by atoms with Crippen LogP contribution in [0.4, 0.5) is 0 Å². The summed E-state index contributed by atoms with van der Waals surface area (Å²) in [7, 11) is 0. The van der Waals surface area contributed by atoms with Crippen LogP contribution in [-0.2, 0) is 10.5 Å². The smallest absolute Gasteiger partial charge is 0.306 e. The molecule has 51 heavy (non-hydrogen) atoms. The van der Waals surface area contributed by atoms with E-state index in [1.165, 1.54) is 10.5 Å². The summed E-state index contributed by atoms with van der Waals surface area (Å²) >= 11 is 3.43. The van der Waals surface area contributed by atoms with Gasteiger partial charge in [0.05, 0.1) is 18.2 Å². The van der Waals surface area contributed by atoms with Crippen LogP contribution in [0.15, 0.2) is 113 Å². The molecule has 6 aromatic rings. The molecule has 0 spiro atoms. The van der Waals surface area contributed by atoms with Gasteiger partial charge in [0.15, 0.2) is 5.82 Å². The molecule has 1 aliphatic heterocycles. The van der Waals surface area contributed by atoms with Crippen molar-refractivity contribution in [2.75, 3.05) is 0 Å². The summed E-state index contributed by atoms with van der Waals surface area (Å²) < 4.78 is 1.96. The summed E-state index contributed by atoms with van der Waals surface area (Å²) in [5.74, 6) is 1.07. The van der Waals surface area contributed by atoms with Crippen molar-refractivity contribution in [2.45, 2.75) is 56.8 Å². The summed E-state index contributed by atoms with van der Waals surface area (Å²) in [6.07, 6.45) is -0.188. The van der Waals surface area contributed by atoms with Crippen LogP contribution in [0.3, 0.4) is 0 Å². The normalized spacial score (nSPS) is 14.2. The number of aromatic nitrogens is 3. The molecule has 0 aliphatic carbocycles. The average molecular weight is 712 g/mol. The van der Waals surface area contributed by atoms with Gasteiger partial charge in [-0.2, -0.15) is 0 Å². The van der Waals surface area contributed by atoms with Crippen LogP contribution in [0.5, 0.6) is 0 Å². The first kappa shape index (κ1) is 34.1. The van der Waals surface area contributed by atoms with E-state index in [0.29, 0.717) is 17.2 Å². The van der Waals surface area contributed by atoms with E-state index in [4.69, 9.17) is 4.99 Å². The Morgan fingerprint density at radius 2 is 1.51 bits per heavy atom. The molecule has 0 fully saturated rings. The maximum Gasteiger partial charge on any atom is 0.306 e. The van der Waals surface area contributed by atoms with Gasteiger partial charge < -0.3 is 10.4 Å². The van der Waals surface area contributed by atoms with E-state index in [2.05, 4.69) is 77.9 Å². The second kappa shape index (κ2) is 14.5. The number of nitrogens with zero attached hydrogens (tertiary/aromatic N) is 4. The molecule has 0 unspecified atom stereocenters. The number of carboxylic acid groups (broad SMARTS) is 1. The van der Waals surface area contributed by atoms with E-state index in [0.717, 1.165) is 54.7 Å². The molecule has 1 aliphatic rings. The van der Waals surface area contributed by atoms with Crippen LogP contribution < -0.4 is 5.32 Å². The van der Waals surface area contributed by atoms with Crippen LogP contribution in [-0.4, -0.2) is 37.5 Å². The average Bonchev–Trinajstić information content (AvgIpc) is 3.62. The number of thiophene rings is 1. The molecule has 7 rings (SSSR count). The number of hydrogen-bond acceptors (Lipinski definition) is 7. The SMILES string of the molecule is Cc1sc2c(c1C)C(c1ccc(-c3ccc(C(=O)N[C@H](C)c4ccc(SCc5ccccc5)cc4)cc3)cc1)=N[C@@H](CC(=O)O)c1nnc(C)n1-2. The number of rotatable bonds is 10. The zero-order valence-electron chi connectivity index (χ0n) is 28.8. The molecule has 3 heterocycles. The fourth-order valence-electron chi connectivity index (χ4n) is 6.28. The van der Waals surface area contributed by atoms with Crippen molar-refractivity contribution in [3.63, 3.8) is 0 Å². The minimum Gasteiger partial charge on any atom is -0.481 e. The third-order valence-electron chi connectivity index (χ3n) is 9.22. The molecule has 1 amide bonds. The van der Waals surface area contributed by atoms with Crippen molar-refractivity contribution in [1.29, 1.82) is 0 Å². The number of amides is 1. The Bertz CT molecular complexity index is 2240. The minimum atomic E-state index is -0.946. The summed E-state index contributed by atoms with van der Waals surface area (Å²) in [5, 5.41) is 22.4. The Hall–Kier alpha value is -5.32. The maximum absolute atomic E-state index is 13.2. The van der Waals surface area contributed by atoms with Gasteiger partial charge in [0.2, 0.25) is 0 Å². The van der Waals surface area contributed by atoms with Crippen LogP contribution in [0.2, 0.25) is 0 Å². The molecular weight excluding hydrogens is 675 g/mol. The van der Waals surface area contributed by atoms with Gasteiger partial charge in [0.25, 0.3) is 5.91 Å². The van der Waals surface area contributed by atoms with E-state index in [9.17, 15) is 14.7 Å². The molecule has 10 heteroatoms. The van der Waals surface area contributed by atoms with E-state index < -0.39 is 12.0 Å². The molecule has 0 saturated carbocycles. The van der Waals surface area contributed by atoms with Crippen molar-refractivity contribution in [1.82, 2.24) is 20.1 Å². The lowest BCUT2D eigenvalue weighted by Crippen LogP contribution is -2.26. The minimum absolute atomic E-state index is 0.128. The number of fused-ring (bicyclic) bond motifs is 3. The van der Waals surface area contributed by atoms with Gasteiger partial charge in [-0.25, -0.2) is 0 Å². The van der Waals surface area contributed by atoms with E-state index in [1.54, 1.807) is 23.1 Å². The summed E-state index contributed by atoms with van der Waals surface area (Å²) in [6, 6.07) is 33.7. The number of thioether (sulfide) groups is 1. The topological polar surface area (TPSA) is 109 Å². The third-order valence-corrected chi connectivity index (χ3v) is 11.5. The fraction of sp³-hybridized carbons (Fsp3) is 0.195. The quantitative estimate of drug-likeness (QED) is 0.137. The van der Waals surface area contributed by atoms with Crippen LogP contribution >= 0.6 is 23.1 Å². The number of carbonyl (C=O) groups is 2. The predicted molar refractivity (Wildman–Crippen MR) is 204 cm³/mol. The van der Waals surface area contributed by atoms with Crippen molar-refractivity contribution in [2.24, 2.45) is 4.99 Å². The number of carboxylic acids is 1. The highest BCUT2D eigenvalue weighted by Crippen LogP contribution is 2.39. The third kappa shape index (κ3) is 7.15. The Labute approximate surface area is 305 Å². The van der Waals surface area contributed by atoms with Gasteiger partial charge in [0, 0.05) is 32.2 Å². The summed E-state index contributed by atoms with van der Waals surface area (Å²) in [6.45, 7) is 8.03. The van der Waals surface area contributed by atoms with E-state index in [1.807, 2.05) is 73.0 Å². The van der Waals surface area contributed by atoms with E-state index in [-0.39, 0.29) is 18.4 Å². The largest absolute Gasteiger partial charge is 0.481 e. The number of aliphatic imine (C=N–C) groups is 1. The number of hydrogen-bond donors (Lipinski definition) is 2. The first-order chi connectivity index (χ1) is 24.7. The molecule has 4 aromatic carbocycles. The lowest BCUT2D eigenvalue weighted by molar-refractivity contribution is -0.137. The highest BCUT2D eigenvalue weighted by atomic mass is 32.2. The zero-order valence-corrected chi connectivity index (χ0v) is 30.4. The molecule has 2 N–H and O–H groups in total. The van der Waals surface area contributed by atoms with Gasteiger partial charge in [-0.3, -0.25) is 19.1 Å². The number of carbonyl (C=O) groups excluding carboxylic acids is 1. The van der Waals surface area contributed by atoms with Crippen molar-refractivity contribution in [3.05, 3.63) is 153 Å². The second-order valence-corrected chi connectivity index (χ2v) is 14.9. The summed E-state index contributed by atoms with van der Waals surface area (Å²) in [5.41, 5.74) is 8.62. The van der Waals surface area contributed by atoms with Crippen molar-refractivity contribution < 1.29 is 14.7 Å². The van der Waals surface area contributed by atoms with Crippen LogP contribution in [0, 0.1) is 20.8 Å². The van der Waals surface area contributed by atoms with Gasteiger partial charge in [-0.1, -0.05) is 78.9 Å². The second-order valence-electron chi connectivity index (χ2n) is 12.7. The molecule has 256 valence electrons. The first-order valence-electron chi connectivity index (χ1n) is 16.8. The number of nitrogens with one attached hydrogen (secondary N) is 1. The highest BCUT2D eigenvalue weighted by molar-refractivity contribution is 7.98. The van der Waals surface area contributed by atoms with Gasteiger partial charge >= 0.3 is 5.97 Å². The van der Waals surface area contributed by atoms with Crippen molar-refractivity contribution >= 4 is 40.7 Å². The van der Waals surface area contributed by atoms with Gasteiger partial charge in [-0.15, -0.1) is 33.3 Å². The zero-order chi connectivity index (χ0) is 35.6. The standard InChI is InChI=1S/C41H37N5O3S2/c1-24-26(3)51-41-37(24)38(43-35(22-36(47)48)39-45-44-27(4)46(39)41)32-14-10-30(11-15-32)31-12-16-33(17-13-31)40(49)42-25(2)29-18-20-34(21-19-29)50-23-28-8-6-5-7-9-28/h5-21,25,35H,22-23H2,1-4H3,(H,42,49)(H,47,48)/t25-,35+/m1/s1. The van der Waals surface area contributed by atoms with Gasteiger partial charge in [-0.05, 0) is 79.8 Å². The molecule has 2 aromatic heterocycles. The molecule has 8 nitrogen and oxygen atoms in total. The number of benzene rings is 4. The Morgan fingerprint density at radius 1 is 0.863 bits per heavy atom. The monoisotopic (exact) mass is 711 g/mol. The summed E-state index contributed by atoms with van der Waals surface area (Å²) in [4.78, 5) is 32.4. The molecular formula is C41H37N5O3S2. The first-order valence-corrected chi connectivity index (χ1v) is 18.6. The highest BCUT2D eigenvalue weighted by Gasteiger charge is 2.32. The van der Waals surface area contributed by atoms with Crippen LogP contribution in [0.1, 0.15) is 80.1 Å². The predicted octanol–water partition coefficient (Wildman–Crippen LogP) is 9.07. The van der Waals surface area contributed by atoms with Gasteiger partial charge in [0.1, 0.15) is 16.9 Å². The Morgan fingerprint density at radius 3 is 2.18 bits per heavy atom. The van der Waals surface area contributed by atoms with E-state index >= 15 is 0 Å². The lowest BCUT2D eigenvalue weighted by Gasteiger charge is -2.15. The molecule has 0 bridgehead atoms. The number of aryl methyl sites for hydroxylation is 2. The molecule has 0 radical (unpaired) electrons. The number of aliphatic carboxylic acids is 1. The molecule has 2 atom stereocenters.